The minimum absolute atomic E-state index is 0.108. The Bertz CT molecular complexity index is 688. The van der Waals surface area contributed by atoms with E-state index in [1.54, 1.807) is 6.07 Å². The number of nitrogens with zero attached hydrogens (tertiary/aromatic N) is 2. The Morgan fingerprint density at radius 2 is 2.14 bits per heavy atom. The van der Waals surface area contributed by atoms with Gasteiger partial charge in [0.05, 0.1) is 18.2 Å². The number of benzene rings is 1. The van der Waals surface area contributed by atoms with Gasteiger partial charge in [0.25, 0.3) is 11.6 Å². The number of hydrogen-bond acceptors (Lipinski definition) is 5. The third-order valence-corrected chi connectivity index (χ3v) is 2.86. The molecule has 0 aliphatic heterocycles. The van der Waals surface area contributed by atoms with Crippen LogP contribution in [-0.2, 0) is 0 Å². The van der Waals surface area contributed by atoms with Crippen LogP contribution in [0, 0.1) is 21.7 Å². The van der Waals surface area contributed by atoms with E-state index < -0.39 is 10.8 Å². The van der Waals surface area contributed by atoms with Crippen LogP contribution in [0.2, 0.25) is 5.02 Å². The molecule has 0 aliphatic rings. The number of nitrogens with one attached hydrogen (secondary N) is 1. The van der Waals surface area contributed by atoms with Gasteiger partial charge in [-0.15, -0.1) is 0 Å². The highest BCUT2D eigenvalue weighted by molar-refractivity contribution is 6.06. The number of rotatable bonds is 4. The molecule has 0 bridgehead atoms. The number of amides is 1. The van der Waals surface area contributed by atoms with E-state index in [0.29, 0.717) is 10.8 Å². The first-order chi connectivity index (χ1) is 10.0. The number of methoxy groups -OCH3 is 1. The minimum Gasteiger partial charge on any atom is -0.497 e. The summed E-state index contributed by atoms with van der Waals surface area (Å²) in [6.07, 6.45) is 1.41. The molecule has 21 heavy (non-hydrogen) atoms. The van der Waals surface area contributed by atoms with Gasteiger partial charge >= 0.3 is 0 Å². The van der Waals surface area contributed by atoms with Crippen molar-refractivity contribution in [3.63, 3.8) is 0 Å². The minimum atomic E-state index is -0.648. The highest BCUT2D eigenvalue weighted by Crippen LogP contribution is 2.24. The molecule has 1 N–H and O–H groups in total. The van der Waals surface area contributed by atoms with Crippen LogP contribution in [0.3, 0.4) is 0 Å². The van der Waals surface area contributed by atoms with E-state index in [-0.39, 0.29) is 17.1 Å². The molecular weight excluding hydrogens is 298 g/mol. The first-order valence-corrected chi connectivity index (χ1v) is 6.19. The van der Waals surface area contributed by atoms with Gasteiger partial charge in [0, 0.05) is 12.1 Å². The predicted octanol–water partition coefficient (Wildman–Crippen LogP) is 1.95. The maximum atomic E-state index is 12.2. The van der Waals surface area contributed by atoms with Crippen molar-refractivity contribution in [2.24, 2.45) is 0 Å². The summed E-state index contributed by atoms with van der Waals surface area (Å²) in [5.74, 6) is -0.0458. The molecule has 1 aromatic heterocycles. The van der Waals surface area contributed by atoms with Crippen LogP contribution < -0.4 is 10.1 Å². The lowest BCUT2D eigenvalue weighted by molar-refractivity contribution is -0.385. The van der Waals surface area contributed by atoms with E-state index >= 15 is 0 Å². The van der Waals surface area contributed by atoms with Crippen molar-refractivity contribution < 1.29 is 26.1 Å². The van der Waals surface area contributed by atoms with Crippen LogP contribution in [0.15, 0.2) is 36.5 Å². The highest BCUT2D eigenvalue weighted by atomic mass is 35.5. The van der Waals surface area contributed by atoms with E-state index in [1.807, 2.05) is 0 Å². The molecule has 1 aromatic carbocycles. The van der Waals surface area contributed by atoms with Gasteiger partial charge in [0.1, 0.15) is 17.1 Å². The lowest BCUT2D eigenvalue weighted by Gasteiger charge is -2.06. The smallest absolute Gasteiger partial charge is 0.282 e. The number of carbonyl (C=O) groups is 1. The summed E-state index contributed by atoms with van der Waals surface area (Å²) in [5, 5.41) is 14.0. The summed E-state index contributed by atoms with van der Waals surface area (Å²) in [6.45, 7) is 0. The molecule has 0 aliphatic carbocycles. The molecule has 0 unspecified atom stereocenters. The number of pyridine rings is 1. The summed E-state index contributed by atoms with van der Waals surface area (Å²) in [7, 11) is 1.41. The standard InChI is InChI=1S/C13H10ClN3O4/c1-21-9-3-4-11(17(19)20)10(6-9)13(18)16-12-5-2-8(14)7-15-12/h2-7,14H,1H3/p+1. The SMILES string of the molecule is COc1ccc([N+](=O)[O-])c(C(=O)Nc2ccc([ClH+])cn2)c1. The molecule has 108 valence electrons. The lowest BCUT2D eigenvalue weighted by Crippen LogP contribution is -2.15. The fourth-order valence-electron chi connectivity index (χ4n) is 1.62. The molecule has 0 spiro atoms. The molecular formula is C13H11ClN3O4+. The zero-order valence-corrected chi connectivity index (χ0v) is 11.7. The molecule has 7 nitrogen and oxygen atoms in total. The molecule has 0 radical (unpaired) electrons. The zero-order valence-electron chi connectivity index (χ0n) is 10.9. The summed E-state index contributed by atoms with van der Waals surface area (Å²) >= 11 is 4.89. The summed E-state index contributed by atoms with van der Waals surface area (Å²) in [6, 6.07) is 7.05. The van der Waals surface area contributed by atoms with Crippen molar-refractivity contribution in [3.8, 4) is 5.75 Å². The average molecular weight is 309 g/mol. The van der Waals surface area contributed by atoms with E-state index in [2.05, 4.69) is 10.3 Å². The van der Waals surface area contributed by atoms with E-state index in [4.69, 9.17) is 16.3 Å². The number of carbonyl (C=O) groups excluding carboxylic acids is 1. The summed E-state index contributed by atoms with van der Waals surface area (Å²) < 4.78 is 4.97. The third-order valence-electron chi connectivity index (χ3n) is 2.62. The number of aromatic nitrogens is 1. The summed E-state index contributed by atoms with van der Waals surface area (Å²) in [5.41, 5.74) is -0.420. The van der Waals surface area contributed by atoms with Gasteiger partial charge in [0.2, 0.25) is 5.02 Å². The van der Waals surface area contributed by atoms with Crippen LogP contribution in [-0.4, -0.2) is 22.9 Å². The van der Waals surface area contributed by atoms with Crippen molar-refractivity contribution in [1.29, 1.82) is 0 Å². The van der Waals surface area contributed by atoms with Gasteiger partial charge in [-0.05, 0) is 18.2 Å². The molecule has 2 rings (SSSR count). The van der Waals surface area contributed by atoms with Crippen molar-refractivity contribution in [1.82, 2.24) is 4.98 Å². The van der Waals surface area contributed by atoms with Crippen LogP contribution >= 0.6 is 0 Å². The largest absolute Gasteiger partial charge is 0.497 e. The molecule has 1 amide bonds. The monoisotopic (exact) mass is 308 g/mol. The molecule has 1 heterocycles. The van der Waals surface area contributed by atoms with Gasteiger partial charge in [-0.2, -0.15) is 0 Å². The normalized spacial score (nSPS) is 10.0. The van der Waals surface area contributed by atoms with E-state index in [1.165, 1.54) is 37.6 Å². The third kappa shape index (κ3) is 3.46. The average Bonchev–Trinajstić information content (AvgIpc) is 2.48. The number of hydrogen-bond donors (Lipinski definition) is 1. The second-order valence-corrected chi connectivity index (χ2v) is 4.44. The Balaban J connectivity index is 2.33. The Morgan fingerprint density at radius 3 is 2.71 bits per heavy atom. The van der Waals surface area contributed by atoms with Gasteiger partial charge in [-0.1, -0.05) is 0 Å². The van der Waals surface area contributed by atoms with E-state index in [9.17, 15) is 14.9 Å². The van der Waals surface area contributed by atoms with Gasteiger partial charge in [0.15, 0.2) is 11.6 Å². The molecule has 0 fully saturated rings. The first kappa shape index (κ1) is 14.7. The Labute approximate surface area is 124 Å². The maximum Gasteiger partial charge on any atom is 0.282 e. The topological polar surface area (TPSA) is 94.4 Å². The van der Waals surface area contributed by atoms with Crippen LogP contribution in [0.5, 0.6) is 5.75 Å². The maximum absolute atomic E-state index is 12.2. The van der Waals surface area contributed by atoms with Crippen molar-refractivity contribution >= 4 is 17.4 Å². The number of nitro groups is 1. The van der Waals surface area contributed by atoms with Crippen LogP contribution in [0.4, 0.5) is 11.5 Å². The number of anilines is 1. The first-order valence-electron chi connectivity index (χ1n) is 5.78. The molecule has 8 heteroatoms. The number of halogens is 1. The predicted molar refractivity (Wildman–Crippen MR) is 72.4 cm³/mol. The van der Waals surface area contributed by atoms with Gasteiger partial charge in [-0.3, -0.25) is 14.9 Å². The quantitative estimate of drug-likeness (QED) is 0.688. The van der Waals surface area contributed by atoms with Crippen molar-refractivity contribution in [2.75, 3.05) is 12.4 Å². The van der Waals surface area contributed by atoms with Crippen molar-refractivity contribution in [3.05, 3.63) is 57.2 Å². The fourth-order valence-corrected chi connectivity index (χ4v) is 1.74. The number of ether oxygens (including phenoxy) is 1. The molecule has 0 saturated heterocycles. The second-order valence-electron chi connectivity index (χ2n) is 3.97. The Morgan fingerprint density at radius 1 is 1.38 bits per heavy atom. The van der Waals surface area contributed by atoms with Gasteiger partial charge < -0.3 is 10.1 Å². The molecule has 0 atom stereocenters. The zero-order chi connectivity index (χ0) is 15.4. The Hall–Kier alpha value is -2.67. The highest BCUT2D eigenvalue weighted by Gasteiger charge is 2.21. The second kappa shape index (κ2) is 6.19. The van der Waals surface area contributed by atoms with Crippen molar-refractivity contribution in [2.45, 2.75) is 0 Å². The summed E-state index contributed by atoms with van der Waals surface area (Å²) in [4.78, 5) is 26.4. The lowest BCUT2D eigenvalue weighted by atomic mass is 10.1. The van der Waals surface area contributed by atoms with E-state index in [0.717, 1.165) is 0 Å². The molecule has 0 saturated carbocycles. The fraction of sp³-hybridized carbons (Fsp3) is 0.0769. The van der Waals surface area contributed by atoms with Crippen LogP contribution in [0.1, 0.15) is 10.4 Å². The van der Waals surface area contributed by atoms with Gasteiger partial charge in [-0.25, -0.2) is 4.98 Å². The Kier molecular flexibility index (Phi) is 4.34. The van der Waals surface area contributed by atoms with Crippen LogP contribution in [0.25, 0.3) is 0 Å². The molecule has 2 aromatic rings. The number of nitro benzene ring substituents is 1.